The van der Waals surface area contributed by atoms with Crippen molar-refractivity contribution in [2.75, 3.05) is 25.5 Å². The lowest BCUT2D eigenvalue weighted by Crippen LogP contribution is -2.37. The fourth-order valence-electron chi connectivity index (χ4n) is 4.04. The molecule has 1 saturated heterocycles. The first-order valence-electron chi connectivity index (χ1n) is 10.6. The van der Waals surface area contributed by atoms with Gasteiger partial charge in [-0.3, -0.25) is 9.59 Å². The smallest absolute Gasteiger partial charge is 0.251 e. The van der Waals surface area contributed by atoms with Gasteiger partial charge in [0, 0.05) is 30.8 Å². The normalized spacial score (nSPS) is 15.9. The van der Waals surface area contributed by atoms with Crippen molar-refractivity contribution in [2.24, 2.45) is 0 Å². The molecule has 0 bridgehead atoms. The number of nitrogens with one attached hydrogen (secondary N) is 1. The highest BCUT2D eigenvalue weighted by Gasteiger charge is 2.31. The molecular weight excluding hydrogens is 402 g/mol. The Bertz CT molecular complexity index is 1110. The lowest BCUT2D eigenvalue weighted by atomic mass is 9.99. The molecule has 1 aliphatic heterocycles. The number of benzene rings is 3. The van der Waals surface area contributed by atoms with E-state index >= 15 is 0 Å². The quantitative estimate of drug-likeness (QED) is 0.627. The fourth-order valence-corrected chi connectivity index (χ4v) is 4.04. The summed E-state index contributed by atoms with van der Waals surface area (Å²) in [4.78, 5) is 28.9. The molecule has 2 N–H and O–H groups in total. The standard InChI is InChI=1S/C26H27N3O3/c1-28(2)16-20-5-3-4-6-24(20)18-7-11-22(12-8-18)29-17-21(15-25(29)31)27-26(32)19-9-13-23(30)14-10-19/h3-14,21,30H,15-17H2,1-2H3,(H,27,32). The summed E-state index contributed by atoms with van der Waals surface area (Å²) in [7, 11) is 4.10. The SMILES string of the molecule is CN(C)Cc1ccccc1-c1ccc(N2CC(NC(=O)c3ccc(O)cc3)CC2=O)cc1. The number of nitrogens with zero attached hydrogens (tertiary/aromatic N) is 2. The molecule has 0 aromatic heterocycles. The molecule has 1 fully saturated rings. The Kier molecular flexibility index (Phi) is 6.23. The molecule has 1 aliphatic rings. The van der Waals surface area contributed by atoms with Gasteiger partial charge in [-0.05, 0) is 67.2 Å². The van der Waals surface area contributed by atoms with Crippen molar-refractivity contribution in [3.63, 3.8) is 0 Å². The van der Waals surface area contributed by atoms with E-state index in [1.807, 2.05) is 36.4 Å². The number of phenols is 1. The molecule has 164 valence electrons. The van der Waals surface area contributed by atoms with Crippen LogP contribution in [0.3, 0.4) is 0 Å². The van der Waals surface area contributed by atoms with Gasteiger partial charge in [0.1, 0.15) is 5.75 Å². The average molecular weight is 430 g/mol. The minimum absolute atomic E-state index is 0.0123. The summed E-state index contributed by atoms with van der Waals surface area (Å²) in [5, 5.41) is 12.3. The van der Waals surface area contributed by atoms with Gasteiger partial charge in [-0.25, -0.2) is 0 Å². The largest absolute Gasteiger partial charge is 0.508 e. The van der Waals surface area contributed by atoms with Crippen molar-refractivity contribution < 1.29 is 14.7 Å². The van der Waals surface area contributed by atoms with E-state index in [4.69, 9.17) is 0 Å². The number of aromatic hydroxyl groups is 1. The Balaban J connectivity index is 1.45. The van der Waals surface area contributed by atoms with E-state index in [1.165, 1.54) is 23.3 Å². The van der Waals surface area contributed by atoms with Gasteiger partial charge in [-0.15, -0.1) is 0 Å². The minimum atomic E-state index is -0.260. The Morgan fingerprint density at radius 3 is 2.41 bits per heavy atom. The molecule has 6 nitrogen and oxygen atoms in total. The van der Waals surface area contributed by atoms with Crippen molar-refractivity contribution in [1.29, 1.82) is 0 Å². The van der Waals surface area contributed by atoms with E-state index in [0.29, 0.717) is 12.1 Å². The third-order valence-electron chi connectivity index (χ3n) is 5.58. The molecule has 1 heterocycles. The first kappa shape index (κ1) is 21.6. The monoisotopic (exact) mass is 429 g/mol. The predicted octanol–water partition coefficient (Wildman–Crippen LogP) is 3.66. The molecule has 1 atom stereocenters. The van der Waals surface area contributed by atoms with Crippen LogP contribution in [-0.2, 0) is 11.3 Å². The number of rotatable bonds is 6. The van der Waals surface area contributed by atoms with E-state index in [-0.39, 0.29) is 30.0 Å². The Morgan fingerprint density at radius 1 is 1.03 bits per heavy atom. The van der Waals surface area contributed by atoms with Crippen LogP contribution < -0.4 is 10.2 Å². The summed E-state index contributed by atoms with van der Waals surface area (Å²) in [5.41, 5.74) is 4.81. The molecule has 4 rings (SSSR count). The lowest BCUT2D eigenvalue weighted by molar-refractivity contribution is -0.117. The zero-order valence-corrected chi connectivity index (χ0v) is 18.3. The van der Waals surface area contributed by atoms with Gasteiger partial charge < -0.3 is 20.2 Å². The Morgan fingerprint density at radius 2 is 1.72 bits per heavy atom. The molecular formula is C26H27N3O3. The first-order valence-corrected chi connectivity index (χ1v) is 10.6. The summed E-state index contributed by atoms with van der Waals surface area (Å²) in [6, 6.07) is 22.1. The molecule has 0 aliphatic carbocycles. The van der Waals surface area contributed by atoms with Crippen molar-refractivity contribution in [3.8, 4) is 16.9 Å². The van der Waals surface area contributed by atoms with Crippen LogP contribution in [0.5, 0.6) is 5.75 Å². The molecule has 32 heavy (non-hydrogen) atoms. The average Bonchev–Trinajstić information content (AvgIpc) is 3.14. The second kappa shape index (κ2) is 9.24. The number of amides is 2. The second-order valence-corrected chi connectivity index (χ2v) is 8.37. The number of hydrogen-bond donors (Lipinski definition) is 2. The topological polar surface area (TPSA) is 72.9 Å². The summed E-state index contributed by atoms with van der Waals surface area (Å²) in [5.74, 6) is -0.157. The zero-order chi connectivity index (χ0) is 22.7. The third kappa shape index (κ3) is 4.81. The van der Waals surface area contributed by atoms with Gasteiger partial charge in [-0.1, -0.05) is 36.4 Å². The maximum absolute atomic E-state index is 12.6. The maximum atomic E-state index is 12.6. The van der Waals surface area contributed by atoms with Gasteiger partial charge in [0.25, 0.3) is 5.91 Å². The van der Waals surface area contributed by atoms with Crippen LogP contribution in [0.25, 0.3) is 11.1 Å². The molecule has 3 aromatic carbocycles. The number of hydrogen-bond acceptors (Lipinski definition) is 4. The van der Waals surface area contributed by atoms with E-state index in [0.717, 1.165) is 17.8 Å². The molecule has 0 saturated carbocycles. The Labute approximate surface area is 188 Å². The summed E-state index contributed by atoms with van der Waals surface area (Å²) >= 11 is 0. The molecule has 3 aromatic rings. The predicted molar refractivity (Wildman–Crippen MR) is 126 cm³/mol. The van der Waals surface area contributed by atoms with Crippen LogP contribution >= 0.6 is 0 Å². The lowest BCUT2D eigenvalue weighted by Gasteiger charge is -2.19. The summed E-state index contributed by atoms with van der Waals surface area (Å²) < 4.78 is 0. The van der Waals surface area contributed by atoms with E-state index < -0.39 is 0 Å². The van der Waals surface area contributed by atoms with Crippen molar-refractivity contribution in [1.82, 2.24) is 10.2 Å². The van der Waals surface area contributed by atoms with Gasteiger partial charge in [0.05, 0.1) is 6.04 Å². The van der Waals surface area contributed by atoms with E-state index in [2.05, 4.69) is 36.4 Å². The highest BCUT2D eigenvalue weighted by atomic mass is 16.3. The number of carbonyl (C=O) groups is 2. The fraction of sp³-hybridized carbons (Fsp3) is 0.231. The van der Waals surface area contributed by atoms with Crippen molar-refractivity contribution >= 4 is 17.5 Å². The highest BCUT2D eigenvalue weighted by Crippen LogP contribution is 2.28. The molecule has 0 radical (unpaired) electrons. The van der Waals surface area contributed by atoms with E-state index in [1.54, 1.807) is 17.0 Å². The number of carbonyl (C=O) groups excluding carboxylic acids is 2. The van der Waals surface area contributed by atoms with Crippen LogP contribution in [0, 0.1) is 0 Å². The maximum Gasteiger partial charge on any atom is 0.251 e. The summed E-state index contributed by atoms with van der Waals surface area (Å²) in [6.45, 7) is 1.28. The van der Waals surface area contributed by atoms with Gasteiger partial charge in [0.2, 0.25) is 5.91 Å². The van der Waals surface area contributed by atoms with Crippen molar-refractivity contribution in [2.45, 2.75) is 19.0 Å². The van der Waals surface area contributed by atoms with Gasteiger partial charge in [-0.2, -0.15) is 0 Å². The van der Waals surface area contributed by atoms with Crippen LogP contribution in [0.1, 0.15) is 22.3 Å². The second-order valence-electron chi connectivity index (χ2n) is 8.37. The first-order chi connectivity index (χ1) is 15.4. The van der Waals surface area contributed by atoms with Crippen LogP contribution in [0.15, 0.2) is 72.8 Å². The number of phenolic OH excluding ortho intramolecular Hbond substituents is 1. The molecule has 0 spiro atoms. The van der Waals surface area contributed by atoms with Gasteiger partial charge in [0.15, 0.2) is 0 Å². The molecule has 1 unspecified atom stereocenters. The van der Waals surface area contributed by atoms with Crippen LogP contribution in [-0.4, -0.2) is 48.5 Å². The zero-order valence-electron chi connectivity index (χ0n) is 18.3. The van der Waals surface area contributed by atoms with Gasteiger partial charge >= 0.3 is 0 Å². The number of anilines is 1. The highest BCUT2D eigenvalue weighted by molar-refractivity contribution is 5.99. The minimum Gasteiger partial charge on any atom is -0.508 e. The molecule has 2 amide bonds. The molecule has 6 heteroatoms. The van der Waals surface area contributed by atoms with Crippen LogP contribution in [0.4, 0.5) is 5.69 Å². The third-order valence-corrected chi connectivity index (χ3v) is 5.58. The summed E-state index contributed by atoms with van der Waals surface area (Å²) in [6.07, 6.45) is 0.261. The van der Waals surface area contributed by atoms with Crippen LogP contribution in [0.2, 0.25) is 0 Å². The van der Waals surface area contributed by atoms with Crippen molar-refractivity contribution in [3.05, 3.63) is 83.9 Å². The Hall–Kier alpha value is -3.64. The van der Waals surface area contributed by atoms with E-state index in [9.17, 15) is 14.7 Å².